The van der Waals surface area contributed by atoms with Gasteiger partial charge in [-0.05, 0) is 48.4 Å². The Morgan fingerprint density at radius 1 is 1.28 bits per heavy atom. The van der Waals surface area contributed by atoms with Gasteiger partial charge in [-0.3, -0.25) is 0 Å². The van der Waals surface area contributed by atoms with Crippen molar-refractivity contribution in [3.05, 3.63) is 34.9 Å². The van der Waals surface area contributed by atoms with Gasteiger partial charge >= 0.3 is 0 Å². The van der Waals surface area contributed by atoms with Crippen molar-refractivity contribution in [2.75, 3.05) is 24.6 Å². The average Bonchev–Trinajstić information content (AvgIpc) is 2.38. The highest BCUT2D eigenvalue weighted by Gasteiger charge is 2.13. The SMILES string of the molecule is CCCNCC(CCSCC)c1ccccc1Cl. The van der Waals surface area contributed by atoms with Crippen LogP contribution in [0.5, 0.6) is 0 Å². The highest BCUT2D eigenvalue weighted by molar-refractivity contribution is 7.99. The van der Waals surface area contributed by atoms with E-state index in [0.29, 0.717) is 5.92 Å². The molecule has 0 heterocycles. The summed E-state index contributed by atoms with van der Waals surface area (Å²) in [5, 5.41) is 4.42. The summed E-state index contributed by atoms with van der Waals surface area (Å²) in [4.78, 5) is 0. The number of hydrogen-bond acceptors (Lipinski definition) is 2. The molecule has 1 rings (SSSR count). The molecule has 1 nitrogen and oxygen atoms in total. The van der Waals surface area contributed by atoms with Crippen LogP contribution in [-0.2, 0) is 0 Å². The van der Waals surface area contributed by atoms with Crippen LogP contribution in [0.3, 0.4) is 0 Å². The maximum absolute atomic E-state index is 6.31. The molecule has 0 bridgehead atoms. The fourth-order valence-electron chi connectivity index (χ4n) is 2.00. The number of hydrogen-bond donors (Lipinski definition) is 1. The molecule has 0 amide bonds. The number of halogens is 1. The van der Waals surface area contributed by atoms with E-state index in [1.54, 1.807) is 0 Å². The van der Waals surface area contributed by atoms with E-state index in [2.05, 4.69) is 31.3 Å². The molecule has 1 aromatic carbocycles. The average molecular weight is 286 g/mol. The third-order valence-electron chi connectivity index (χ3n) is 2.98. The van der Waals surface area contributed by atoms with Crippen molar-refractivity contribution in [1.29, 1.82) is 0 Å². The summed E-state index contributed by atoms with van der Waals surface area (Å²) in [7, 11) is 0. The Morgan fingerprint density at radius 3 is 2.72 bits per heavy atom. The lowest BCUT2D eigenvalue weighted by Gasteiger charge is -2.19. The van der Waals surface area contributed by atoms with E-state index in [-0.39, 0.29) is 0 Å². The lowest BCUT2D eigenvalue weighted by Crippen LogP contribution is -2.23. The Balaban J connectivity index is 2.60. The monoisotopic (exact) mass is 285 g/mol. The molecule has 0 aliphatic heterocycles. The lowest BCUT2D eigenvalue weighted by molar-refractivity contribution is 0.570. The van der Waals surface area contributed by atoms with Crippen molar-refractivity contribution < 1.29 is 0 Å². The summed E-state index contributed by atoms with van der Waals surface area (Å²) in [6.45, 7) is 6.53. The van der Waals surface area contributed by atoms with Gasteiger partial charge in [-0.2, -0.15) is 11.8 Å². The summed E-state index contributed by atoms with van der Waals surface area (Å²) in [5.74, 6) is 2.93. The zero-order valence-electron chi connectivity index (χ0n) is 11.4. The summed E-state index contributed by atoms with van der Waals surface area (Å²) < 4.78 is 0. The van der Waals surface area contributed by atoms with E-state index in [4.69, 9.17) is 11.6 Å². The van der Waals surface area contributed by atoms with Crippen LogP contribution in [0.2, 0.25) is 5.02 Å². The minimum Gasteiger partial charge on any atom is -0.316 e. The smallest absolute Gasteiger partial charge is 0.0441 e. The molecule has 3 heteroatoms. The Labute approximate surface area is 121 Å². The van der Waals surface area contributed by atoms with Crippen LogP contribution in [0.1, 0.15) is 38.2 Å². The Morgan fingerprint density at radius 2 is 2.06 bits per heavy atom. The first-order valence-electron chi connectivity index (χ1n) is 6.82. The Kier molecular flexibility index (Phi) is 8.57. The Bertz CT molecular complexity index is 320. The van der Waals surface area contributed by atoms with Crippen LogP contribution in [0, 0.1) is 0 Å². The zero-order valence-corrected chi connectivity index (χ0v) is 13.0. The first-order chi connectivity index (χ1) is 8.79. The summed E-state index contributed by atoms with van der Waals surface area (Å²) in [6, 6.07) is 8.25. The van der Waals surface area contributed by atoms with Crippen molar-refractivity contribution in [3.63, 3.8) is 0 Å². The topological polar surface area (TPSA) is 12.0 Å². The van der Waals surface area contributed by atoms with E-state index in [1.165, 1.54) is 29.9 Å². The molecule has 0 spiro atoms. The number of rotatable bonds is 9. The molecule has 0 aliphatic rings. The molecular weight excluding hydrogens is 262 g/mol. The highest BCUT2D eigenvalue weighted by atomic mass is 35.5. The quantitative estimate of drug-likeness (QED) is 0.667. The molecule has 1 N–H and O–H groups in total. The molecule has 0 saturated carbocycles. The van der Waals surface area contributed by atoms with Gasteiger partial charge in [0.2, 0.25) is 0 Å². The molecule has 0 fully saturated rings. The predicted octanol–water partition coefficient (Wildman–Crippen LogP) is 4.57. The molecule has 0 aromatic heterocycles. The van der Waals surface area contributed by atoms with Crippen molar-refractivity contribution in [3.8, 4) is 0 Å². The zero-order chi connectivity index (χ0) is 13.2. The first-order valence-corrected chi connectivity index (χ1v) is 8.35. The van der Waals surface area contributed by atoms with Crippen LogP contribution in [0.15, 0.2) is 24.3 Å². The normalized spacial score (nSPS) is 12.6. The molecule has 0 saturated heterocycles. The van der Waals surface area contributed by atoms with Gasteiger partial charge in [0.25, 0.3) is 0 Å². The molecule has 0 aliphatic carbocycles. The minimum absolute atomic E-state index is 0.532. The van der Waals surface area contributed by atoms with Gasteiger partial charge < -0.3 is 5.32 Å². The van der Waals surface area contributed by atoms with Crippen LogP contribution in [-0.4, -0.2) is 24.6 Å². The molecule has 18 heavy (non-hydrogen) atoms. The van der Waals surface area contributed by atoms with Crippen LogP contribution in [0.25, 0.3) is 0 Å². The maximum atomic E-state index is 6.31. The standard InChI is InChI=1S/C15H24ClNS/c1-3-10-17-12-13(9-11-18-4-2)14-7-5-6-8-15(14)16/h5-8,13,17H,3-4,9-12H2,1-2H3. The summed E-state index contributed by atoms with van der Waals surface area (Å²) >= 11 is 8.32. The van der Waals surface area contributed by atoms with Crippen LogP contribution < -0.4 is 5.32 Å². The van der Waals surface area contributed by atoms with Crippen LogP contribution >= 0.6 is 23.4 Å². The van der Waals surface area contributed by atoms with Crippen molar-refractivity contribution in [2.24, 2.45) is 0 Å². The van der Waals surface area contributed by atoms with Gasteiger partial charge in [-0.15, -0.1) is 0 Å². The molecule has 1 aromatic rings. The first kappa shape index (κ1) is 15.9. The molecule has 1 atom stereocenters. The van der Waals surface area contributed by atoms with Gasteiger partial charge in [0.05, 0.1) is 0 Å². The fourth-order valence-corrected chi connectivity index (χ4v) is 3.03. The molecule has 102 valence electrons. The number of benzene rings is 1. The van der Waals surface area contributed by atoms with E-state index in [9.17, 15) is 0 Å². The molecule has 0 radical (unpaired) electrons. The lowest BCUT2D eigenvalue weighted by atomic mass is 9.96. The van der Waals surface area contributed by atoms with E-state index in [1.807, 2.05) is 23.9 Å². The van der Waals surface area contributed by atoms with Gasteiger partial charge in [-0.1, -0.05) is 43.6 Å². The highest BCUT2D eigenvalue weighted by Crippen LogP contribution is 2.27. The maximum Gasteiger partial charge on any atom is 0.0441 e. The fraction of sp³-hybridized carbons (Fsp3) is 0.600. The minimum atomic E-state index is 0.532. The molecular formula is C15H24ClNS. The third-order valence-corrected chi connectivity index (χ3v) is 4.25. The van der Waals surface area contributed by atoms with E-state index in [0.717, 1.165) is 18.1 Å². The van der Waals surface area contributed by atoms with Gasteiger partial charge in [0, 0.05) is 11.6 Å². The third kappa shape index (κ3) is 5.64. The van der Waals surface area contributed by atoms with Gasteiger partial charge in [-0.25, -0.2) is 0 Å². The second-order valence-electron chi connectivity index (χ2n) is 4.41. The number of nitrogens with one attached hydrogen (secondary N) is 1. The van der Waals surface area contributed by atoms with Crippen molar-refractivity contribution in [2.45, 2.75) is 32.6 Å². The van der Waals surface area contributed by atoms with Crippen molar-refractivity contribution >= 4 is 23.4 Å². The van der Waals surface area contributed by atoms with Gasteiger partial charge in [0.15, 0.2) is 0 Å². The second-order valence-corrected chi connectivity index (χ2v) is 6.21. The predicted molar refractivity (Wildman–Crippen MR) is 85.0 cm³/mol. The van der Waals surface area contributed by atoms with Crippen molar-refractivity contribution in [1.82, 2.24) is 5.32 Å². The largest absolute Gasteiger partial charge is 0.316 e. The van der Waals surface area contributed by atoms with E-state index < -0.39 is 0 Å². The summed E-state index contributed by atoms with van der Waals surface area (Å²) in [5.41, 5.74) is 1.29. The Hall–Kier alpha value is -0.180. The summed E-state index contributed by atoms with van der Waals surface area (Å²) in [6.07, 6.45) is 2.37. The second kappa shape index (κ2) is 9.71. The number of thioether (sulfide) groups is 1. The molecule has 1 unspecified atom stereocenters. The van der Waals surface area contributed by atoms with E-state index >= 15 is 0 Å². The van der Waals surface area contributed by atoms with Gasteiger partial charge in [0.1, 0.15) is 0 Å². The van der Waals surface area contributed by atoms with Crippen LogP contribution in [0.4, 0.5) is 0 Å².